The highest BCUT2D eigenvalue weighted by atomic mass is 19.1. The molecule has 2 heterocycles. The minimum atomic E-state index is -1.39. The number of amidine groups is 1. The quantitative estimate of drug-likeness (QED) is 0.809. The van der Waals surface area contributed by atoms with Crippen molar-refractivity contribution < 1.29 is 18.8 Å². The molecule has 0 fully saturated rings. The van der Waals surface area contributed by atoms with Crippen molar-refractivity contribution in [3.8, 4) is 5.75 Å². The van der Waals surface area contributed by atoms with Gasteiger partial charge in [0.25, 0.3) is 11.6 Å². The van der Waals surface area contributed by atoms with Crippen LogP contribution in [0.5, 0.6) is 5.75 Å². The maximum atomic E-state index is 14.9. The maximum absolute atomic E-state index is 14.9. The molecular formula is C23H28FN2O2+. The van der Waals surface area contributed by atoms with Crippen LogP contribution in [0.4, 0.5) is 10.1 Å². The summed E-state index contributed by atoms with van der Waals surface area (Å²) < 4.78 is 22.1. The second kappa shape index (κ2) is 7.55. The first-order valence-corrected chi connectivity index (χ1v) is 10.1. The lowest BCUT2D eigenvalue weighted by molar-refractivity contribution is -0.658. The molecule has 4 nitrogen and oxygen atoms in total. The van der Waals surface area contributed by atoms with Gasteiger partial charge in [-0.25, -0.2) is 13.9 Å². The molecule has 2 aliphatic rings. The molecule has 2 aliphatic heterocycles. The molecular weight excluding hydrogens is 355 g/mol. The van der Waals surface area contributed by atoms with Crippen molar-refractivity contribution in [2.45, 2.75) is 44.8 Å². The molecule has 5 heteroatoms. The monoisotopic (exact) mass is 383 g/mol. The third kappa shape index (κ3) is 3.18. The fourth-order valence-electron chi connectivity index (χ4n) is 4.40. The second-order valence-corrected chi connectivity index (χ2v) is 7.65. The number of anilines is 1. The van der Waals surface area contributed by atoms with E-state index in [1.165, 1.54) is 18.7 Å². The van der Waals surface area contributed by atoms with Crippen molar-refractivity contribution in [2.75, 3.05) is 25.1 Å². The summed E-state index contributed by atoms with van der Waals surface area (Å²) in [5, 5.41) is 11.7. The topological polar surface area (TPSA) is 35.7 Å². The lowest BCUT2D eigenvalue weighted by Crippen LogP contribution is -2.41. The Morgan fingerprint density at radius 3 is 2.61 bits per heavy atom. The summed E-state index contributed by atoms with van der Waals surface area (Å²) >= 11 is 0. The number of aliphatic hydroxyl groups is 1. The van der Waals surface area contributed by atoms with Crippen LogP contribution < -0.4 is 9.64 Å². The molecule has 1 atom stereocenters. The van der Waals surface area contributed by atoms with Gasteiger partial charge < -0.3 is 9.84 Å². The normalized spacial score (nSPS) is 22.2. The van der Waals surface area contributed by atoms with Gasteiger partial charge in [-0.2, -0.15) is 0 Å². The summed E-state index contributed by atoms with van der Waals surface area (Å²) in [7, 11) is 1.51. The number of benzene rings is 2. The van der Waals surface area contributed by atoms with E-state index in [-0.39, 0.29) is 0 Å². The lowest BCUT2D eigenvalue weighted by Gasteiger charge is -2.24. The number of methoxy groups -OCH3 is 1. The van der Waals surface area contributed by atoms with Crippen molar-refractivity contribution in [3.05, 3.63) is 59.4 Å². The van der Waals surface area contributed by atoms with Gasteiger partial charge in [0, 0.05) is 12.5 Å². The highest BCUT2D eigenvalue weighted by Gasteiger charge is 2.53. The zero-order chi connectivity index (χ0) is 19.7. The summed E-state index contributed by atoms with van der Waals surface area (Å²) in [6, 6.07) is 13.2. The van der Waals surface area contributed by atoms with Gasteiger partial charge in [0.1, 0.15) is 17.3 Å². The number of ether oxygens (including phenoxy) is 1. The molecule has 0 spiro atoms. The summed E-state index contributed by atoms with van der Waals surface area (Å²) in [5.41, 5.74) is 1.24. The molecule has 0 amide bonds. The minimum absolute atomic E-state index is 0.306. The number of nitrogens with zero attached hydrogens (tertiary/aromatic N) is 2. The lowest BCUT2D eigenvalue weighted by atomic mass is 10.0. The van der Waals surface area contributed by atoms with Crippen molar-refractivity contribution in [1.82, 2.24) is 0 Å². The van der Waals surface area contributed by atoms with E-state index in [9.17, 15) is 9.50 Å². The number of hydrogen-bond acceptors (Lipinski definition) is 3. The Bertz CT molecular complexity index is 894. The highest BCUT2D eigenvalue weighted by Crippen LogP contribution is 2.37. The fraction of sp³-hybridized carbons (Fsp3) is 0.435. The number of rotatable bonds is 4. The third-order valence-corrected chi connectivity index (χ3v) is 5.99. The van der Waals surface area contributed by atoms with Crippen LogP contribution >= 0.6 is 0 Å². The summed E-state index contributed by atoms with van der Waals surface area (Å²) in [6.45, 7) is 3.18. The first-order chi connectivity index (χ1) is 13.6. The zero-order valence-electron chi connectivity index (χ0n) is 16.6. The van der Waals surface area contributed by atoms with Crippen LogP contribution in [0.25, 0.3) is 0 Å². The standard InChI is InChI=1S/C23H28FN2O2/c1-3-17-8-10-18(11-9-17)25-16-23(27,26-14-6-4-5-7-22(25)26)20-13-12-19(28-2)15-21(20)24/h8-13,15,27H,3-7,14,16H2,1-2H3/q+1/t23-/m1/s1. The van der Waals surface area contributed by atoms with Crippen LogP contribution in [0, 0.1) is 5.82 Å². The van der Waals surface area contributed by atoms with E-state index in [0.29, 0.717) is 17.9 Å². The number of aryl methyl sites for hydroxylation is 1. The van der Waals surface area contributed by atoms with Gasteiger partial charge in [0.2, 0.25) is 0 Å². The number of halogens is 1. The van der Waals surface area contributed by atoms with E-state index in [0.717, 1.165) is 50.2 Å². The average molecular weight is 383 g/mol. The molecule has 28 heavy (non-hydrogen) atoms. The molecule has 0 aromatic heterocycles. The Hall–Kier alpha value is -2.40. The van der Waals surface area contributed by atoms with Crippen molar-refractivity contribution in [2.24, 2.45) is 0 Å². The molecule has 0 radical (unpaired) electrons. The predicted molar refractivity (Wildman–Crippen MR) is 109 cm³/mol. The average Bonchev–Trinajstić information content (AvgIpc) is 2.87. The van der Waals surface area contributed by atoms with E-state index >= 15 is 0 Å². The van der Waals surface area contributed by atoms with Gasteiger partial charge in [-0.15, -0.1) is 0 Å². The maximum Gasteiger partial charge on any atom is 0.273 e. The largest absolute Gasteiger partial charge is 0.497 e. The van der Waals surface area contributed by atoms with Gasteiger partial charge >= 0.3 is 0 Å². The van der Waals surface area contributed by atoms with Crippen LogP contribution in [0.1, 0.15) is 43.7 Å². The van der Waals surface area contributed by atoms with E-state index in [1.807, 2.05) is 4.58 Å². The van der Waals surface area contributed by atoms with Crippen molar-refractivity contribution >= 4 is 11.5 Å². The molecule has 2 aromatic carbocycles. The Morgan fingerprint density at radius 2 is 1.93 bits per heavy atom. The van der Waals surface area contributed by atoms with Crippen molar-refractivity contribution in [1.29, 1.82) is 0 Å². The smallest absolute Gasteiger partial charge is 0.273 e. The molecule has 0 saturated carbocycles. The Balaban J connectivity index is 1.79. The van der Waals surface area contributed by atoms with Crippen LogP contribution in [-0.2, 0) is 12.1 Å². The predicted octanol–water partition coefficient (Wildman–Crippen LogP) is 4.05. The van der Waals surface area contributed by atoms with Crippen LogP contribution in [0.3, 0.4) is 0 Å². The summed E-state index contributed by atoms with van der Waals surface area (Å²) in [5.74, 6) is 1.10. The van der Waals surface area contributed by atoms with Crippen LogP contribution in [0.2, 0.25) is 0 Å². The summed E-state index contributed by atoms with van der Waals surface area (Å²) in [4.78, 5) is 2.16. The van der Waals surface area contributed by atoms with E-state index in [2.05, 4.69) is 36.1 Å². The molecule has 0 unspecified atom stereocenters. The zero-order valence-corrected chi connectivity index (χ0v) is 16.6. The third-order valence-electron chi connectivity index (χ3n) is 5.99. The van der Waals surface area contributed by atoms with Gasteiger partial charge in [-0.3, -0.25) is 0 Å². The van der Waals surface area contributed by atoms with Gasteiger partial charge in [-0.1, -0.05) is 19.1 Å². The van der Waals surface area contributed by atoms with Crippen molar-refractivity contribution in [3.63, 3.8) is 0 Å². The number of hydrogen-bond donors (Lipinski definition) is 1. The first-order valence-electron chi connectivity index (χ1n) is 10.1. The van der Waals surface area contributed by atoms with E-state index in [1.54, 1.807) is 12.1 Å². The Labute approximate surface area is 165 Å². The van der Waals surface area contributed by atoms with Crippen LogP contribution in [-0.4, -0.2) is 35.7 Å². The minimum Gasteiger partial charge on any atom is -0.497 e. The SMILES string of the molecule is CCc1ccc(N2C[C@@](O)(c3ccc(OC)cc3F)[N+]3=C2CCCCC3)cc1. The van der Waals surface area contributed by atoms with Gasteiger partial charge in [-0.05, 0) is 55.5 Å². The molecule has 148 valence electrons. The van der Waals surface area contributed by atoms with Gasteiger partial charge in [0.15, 0.2) is 6.54 Å². The molecule has 4 rings (SSSR count). The van der Waals surface area contributed by atoms with Crippen LogP contribution in [0.15, 0.2) is 42.5 Å². The first kappa shape index (κ1) is 18.9. The Kier molecular flexibility index (Phi) is 5.11. The molecule has 0 saturated heterocycles. The highest BCUT2D eigenvalue weighted by molar-refractivity contribution is 5.95. The van der Waals surface area contributed by atoms with E-state index < -0.39 is 11.5 Å². The second-order valence-electron chi connectivity index (χ2n) is 7.65. The fourth-order valence-corrected chi connectivity index (χ4v) is 4.40. The molecule has 0 bridgehead atoms. The molecule has 0 aliphatic carbocycles. The van der Waals surface area contributed by atoms with Gasteiger partial charge in [0.05, 0.1) is 19.2 Å². The summed E-state index contributed by atoms with van der Waals surface area (Å²) in [6.07, 6.45) is 5.06. The Morgan fingerprint density at radius 1 is 1.14 bits per heavy atom. The van der Waals surface area contributed by atoms with E-state index in [4.69, 9.17) is 4.74 Å². The molecule has 1 N–H and O–H groups in total. The molecule has 2 aromatic rings. The number of β-amino-alcohol motifs (C(OH)–C–C–N with tert-alkyl or cyclic N) is 1.